The average molecular weight is 161 g/mol. The first kappa shape index (κ1) is 9.01. The van der Waals surface area contributed by atoms with Gasteiger partial charge in [-0.3, -0.25) is 0 Å². The van der Waals surface area contributed by atoms with Crippen molar-refractivity contribution in [1.29, 1.82) is 0 Å². The lowest BCUT2D eigenvalue weighted by Crippen LogP contribution is -2.06. The topological polar surface area (TPSA) is 12.0 Å². The van der Waals surface area contributed by atoms with E-state index in [0.717, 1.165) is 12.1 Å². The van der Waals surface area contributed by atoms with Gasteiger partial charge in [0.15, 0.2) is 0 Å². The fraction of sp³-hybridized carbons (Fsp3) is 0.273. The number of allylic oxidation sites excluding steroid dienone is 1. The van der Waals surface area contributed by atoms with Gasteiger partial charge in [-0.15, -0.1) is 0 Å². The van der Waals surface area contributed by atoms with Crippen molar-refractivity contribution in [3.05, 3.63) is 42.0 Å². The summed E-state index contributed by atoms with van der Waals surface area (Å²) in [5.41, 5.74) is 3.69. The molecule has 1 nitrogen and oxygen atoms in total. The summed E-state index contributed by atoms with van der Waals surface area (Å²) >= 11 is 0. The Balaban J connectivity index is 3.00. The minimum Gasteiger partial charge on any atom is -0.316 e. The van der Waals surface area contributed by atoms with Crippen molar-refractivity contribution in [2.45, 2.75) is 13.5 Å². The molecule has 0 radical (unpaired) electrons. The highest BCUT2D eigenvalue weighted by atomic mass is 14.8. The van der Waals surface area contributed by atoms with Crippen LogP contribution in [-0.4, -0.2) is 7.05 Å². The van der Waals surface area contributed by atoms with E-state index in [1.807, 2.05) is 20.0 Å². The molecule has 0 aromatic heterocycles. The summed E-state index contributed by atoms with van der Waals surface area (Å²) in [6.07, 6.45) is 0. The molecule has 64 valence electrons. The molecule has 0 fully saturated rings. The molecular weight excluding hydrogens is 146 g/mol. The van der Waals surface area contributed by atoms with Crippen LogP contribution in [0.25, 0.3) is 5.57 Å². The third kappa shape index (κ3) is 1.95. The molecule has 0 bridgehead atoms. The maximum absolute atomic E-state index is 3.94. The lowest BCUT2D eigenvalue weighted by atomic mass is 10.0. The third-order valence-corrected chi connectivity index (χ3v) is 1.84. The number of hydrogen-bond donors (Lipinski definition) is 1. The highest BCUT2D eigenvalue weighted by Crippen LogP contribution is 2.16. The first-order valence-electron chi connectivity index (χ1n) is 4.14. The van der Waals surface area contributed by atoms with Crippen LogP contribution >= 0.6 is 0 Å². The maximum atomic E-state index is 3.94. The average Bonchev–Trinajstić information content (AvgIpc) is 2.05. The lowest BCUT2D eigenvalue weighted by Gasteiger charge is -2.07. The molecule has 0 aliphatic carbocycles. The SMILES string of the molecule is C=C(C)c1ccccc1CNC. The molecule has 1 rings (SSSR count). The van der Waals surface area contributed by atoms with E-state index in [4.69, 9.17) is 0 Å². The van der Waals surface area contributed by atoms with Crippen molar-refractivity contribution in [2.24, 2.45) is 0 Å². The molecule has 0 spiro atoms. The normalized spacial score (nSPS) is 9.83. The molecule has 0 unspecified atom stereocenters. The zero-order chi connectivity index (χ0) is 8.97. The second-order valence-electron chi connectivity index (χ2n) is 2.97. The number of hydrogen-bond acceptors (Lipinski definition) is 1. The van der Waals surface area contributed by atoms with Gasteiger partial charge in [0.05, 0.1) is 0 Å². The lowest BCUT2D eigenvalue weighted by molar-refractivity contribution is 0.815. The van der Waals surface area contributed by atoms with E-state index < -0.39 is 0 Å². The van der Waals surface area contributed by atoms with Gasteiger partial charge < -0.3 is 5.32 Å². The van der Waals surface area contributed by atoms with Gasteiger partial charge in [0.1, 0.15) is 0 Å². The van der Waals surface area contributed by atoms with Crippen LogP contribution in [0.4, 0.5) is 0 Å². The molecule has 0 aliphatic heterocycles. The van der Waals surface area contributed by atoms with Crippen LogP contribution in [0.5, 0.6) is 0 Å². The standard InChI is InChI=1S/C11H15N/c1-9(2)11-7-5-4-6-10(11)8-12-3/h4-7,12H,1,8H2,2-3H3. The highest BCUT2D eigenvalue weighted by molar-refractivity contribution is 5.64. The first-order valence-corrected chi connectivity index (χ1v) is 4.14. The second kappa shape index (κ2) is 4.07. The van der Waals surface area contributed by atoms with E-state index in [1.54, 1.807) is 0 Å². The Morgan fingerprint density at radius 2 is 2.08 bits per heavy atom. The van der Waals surface area contributed by atoms with E-state index in [2.05, 4.69) is 30.1 Å². The third-order valence-electron chi connectivity index (χ3n) is 1.84. The van der Waals surface area contributed by atoms with E-state index in [0.29, 0.717) is 0 Å². The molecule has 0 heterocycles. The fourth-order valence-electron chi connectivity index (χ4n) is 1.28. The molecular formula is C11H15N. The Bertz CT molecular complexity index is 276. The molecule has 1 N–H and O–H groups in total. The summed E-state index contributed by atoms with van der Waals surface area (Å²) in [5.74, 6) is 0. The molecule has 1 aromatic rings. The molecule has 1 heteroatoms. The zero-order valence-corrected chi connectivity index (χ0v) is 7.72. The van der Waals surface area contributed by atoms with Crippen LogP contribution in [0.3, 0.4) is 0 Å². The maximum Gasteiger partial charge on any atom is 0.0208 e. The van der Waals surface area contributed by atoms with Crippen molar-refractivity contribution < 1.29 is 0 Å². The van der Waals surface area contributed by atoms with Gasteiger partial charge in [0.25, 0.3) is 0 Å². The predicted octanol–water partition coefficient (Wildman–Crippen LogP) is 2.44. The molecule has 0 amide bonds. The van der Waals surface area contributed by atoms with Crippen LogP contribution in [0, 0.1) is 0 Å². The molecule has 0 aliphatic rings. The highest BCUT2D eigenvalue weighted by Gasteiger charge is 1.99. The zero-order valence-electron chi connectivity index (χ0n) is 7.72. The van der Waals surface area contributed by atoms with E-state index in [9.17, 15) is 0 Å². The van der Waals surface area contributed by atoms with Crippen LogP contribution in [0.1, 0.15) is 18.1 Å². The summed E-state index contributed by atoms with van der Waals surface area (Å²) in [6.45, 7) is 6.88. The van der Waals surface area contributed by atoms with E-state index in [-0.39, 0.29) is 0 Å². The van der Waals surface area contributed by atoms with Crippen LogP contribution in [0.2, 0.25) is 0 Å². The Hall–Kier alpha value is -1.08. The Morgan fingerprint density at radius 3 is 2.67 bits per heavy atom. The predicted molar refractivity (Wildman–Crippen MR) is 53.9 cm³/mol. The van der Waals surface area contributed by atoms with Gasteiger partial charge in [0, 0.05) is 6.54 Å². The van der Waals surface area contributed by atoms with Crippen LogP contribution < -0.4 is 5.32 Å². The van der Waals surface area contributed by atoms with E-state index >= 15 is 0 Å². The first-order chi connectivity index (χ1) is 5.75. The Morgan fingerprint density at radius 1 is 1.42 bits per heavy atom. The minimum atomic E-state index is 0.906. The van der Waals surface area contributed by atoms with Gasteiger partial charge in [-0.05, 0) is 25.1 Å². The van der Waals surface area contributed by atoms with Gasteiger partial charge in [-0.25, -0.2) is 0 Å². The Labute approximate surface area is 74.1 Å². The summed E-state index contributed by atoms with van der Waals surface area (Å²) < 4.78 is 0. The van der Waals surface area contributed by atoms with Crippen LogP contribution in [-0.2, 0) is 6.54 Å². The van der Waals surface area contributed by atoms with E-state index in [1.165, 1.54) is 11.1 Å². The number of benzene rings is 1. The molecule has 0 saturated carbocycles. The molecule has 12 heavy (non-hydrogen) atoms. The van der Waals surface area contributed by atoms with Gasteiger partial charge in [0.2, 0.25) is 0 Å². The largest absolute Gasteiger partial charge is 0.316 e. The van der Waals surface area contributed by atoms with Crippen molar-refractivity contribution in [1.82, 2.24) is 5.32 Å². The second-order valence-corrected chi connectivity index (χ2v) is 2.97. The van der Waals surface area contributed by atoms with Crippen molar-refractivity contribution >= 4 is 5.57 Å². The van der Waals surface area contributed by atoms with Crippen molar-refractivity contribution in [3.63, 3.8) is 0 Å². The molecule has 1 aromatic carbocycles. The summed E-state index contributed by atoms with van der Waals surface area (Å²) in [5, 5.41) is 3.14. The minimum absolute atomic E-state index is 0.906. The van der Waals surface area contributed by atoms with Crippen molar-refractivity contribution in [3.8, 4) is 0 Å². The number of nitrogens with one attached hydrogen (secondary N) is 1. The van der Waals surface area contributed by atoms with Gasteiger partial charge in [-0.1, -0.05) is 36.4 Å². The smallest absolute Gasteiger partial charge is 0.0208 e. The Kier molecular flexibility index (Phi) is 3.06. The summed E-state index contributed by atoms with van der Waals surface area (Å²) in [7, 11) is 1.95. The summed E-state index contributed by atoms with van der Waals surface area (Å²) in [6, 6.07) is 8.33. The number of rotatable bonds is 3. The molecule has 0 saturated heterocycles. The summed E-state index contributed by atoms with van der Waals surface area (Å²) in [4.78, 5) is 0. The van der Waals surface area contributed by atoms with Gasteiger partial charge >= 0.3 is 0 Å². The fourth-order valence-corrected chi connectivity index (χ4v) is 1.28. The van der Waals surface area contributed by atoms with Crippen molar-refractivity contribution in [2.75, 3.05) is 7.05 Å². The quantitative estimate of drug-likeness (QED) is 0.718. The van der Waals surface area contributed by atoms with Gasteiger partial charge in [-0.2, -0.15) is 0 Å². The molecule has 0 atom stereocenters. The monoisotopic (exact) mass is 161 g/mol. The van der Waals surface area contributed by atoms with Crippen LogP contribution in [0.15, 0.2) is 30.8 Å².